The first-order valence-electron chi connectivity index (χ1n) is 9.94. The molecule has 0 radical (unpaired) electrons. The van der Waals surface area contributed by atoms with Gasteiger partial charge in [-0.15, -0.1) is 0 Å². The van der Waals surface area contributed by atoms with Gasteiger partial charge in [-0.05, 0) is 60.2 Å². The van der Waals surface area contributed by atoms with Crippen LogP contribution in [0.5, 0.6) is 0 Å². The fourth-order valence-corrected chi connectivity index (χ4v) is 6.93. The van der Waals surface area contributed by atoms with E-state index in [2.05, 4.69) is 54.6 Å². The molecule has 2 saturated carbocycles. The number of fused-ring (bicyclic) bond motifs is 3. The molecular formula is C21H38O3Si. The lowest BCUT2D eigenvalue weighted by Gasteiger charge is -2.61. The summed E-state index contributed by atoms with van der Waals surface area (Å²) in [6.45, 7) is 18.5. The molecule has 0 spiro atoms. The summed E-state index contributed by atoms with van der Waals surface area (Å²) in [4.78, 5) is 0. The summed E-state index contributed by atoms with van der Waals surface area (Å²) in [5, 5.41) is 21.1. The van der Waals surface area contributed by atoms with E-state index in [1.54, 1.807) is 0 Å². The fraction of sp³-hybridized carbons (Fsp3) is 0.905. The summed E-state index contributed by atoms with van der Waals surface area (Å²) in [7, 11) is -1.84. The van der Waals surface area contributed by atoms with Crippen molar-refractivity contribution in [3.05, 3.63) is 11.1 Å². The van der Waals surface area contributed by atoms with E-state index < -0.39 is 14.4 Å². The van der Waals surface area contributed by atoms with E-state index in [0.29, 0.717) is 5.92 Å². The van der Waals surface area contributed by atoms with Crippen molar-refractivity contribution in [1.29, 1.82) is 0 Å². The van der Waals surface area contributed by atoms with Crippen LogP contribution in [0.2, 0.25) is 18.1 Å². The third kappa shape index (κ3) is 2.79. The quantitative estimate of drug-likeness (QED) is 0.571. The summed E-state index contributed by atoms with van der Waals surface area (Å²) in [5.74, 6) is 0.725. The maximum Gasteiger partial charge on any atom is 0.192 e. The molecule has 3 rings (SSSR count). The lowest BCUT2D eigenvalue weighted by Crippen LogP contribution is -2.61. The summed E-state index contributed by atoms with van der Waals surface area (Å²) >= 11 is 0. The van der Waals surface area contributed by atoms with Gasteiger partial charge in [0.05, 0.1) is 18.8 Å². The largest absolute Gasteiger partial charge is 0.413 e. The first kappa shape index (κ1) is 19.6. The van der Waals surface area contributed by atoms with E-state index in [-0.39, 0.29) is 34.5 Å². The predicted octanol–water partition coefficient (Wildman–Crippen LogP) is 4.50. The van der Waals surface area contributed by atoms with Crippen LogP contribution in [0.4, 0.5) is 0 Å². The maximum absolute atomic E-state index is 10.9. The molecule has 0 aliphatic heterocycles. The average molecular weight is 367 g/mol. The van der Waals surface area contributed by atoms with Crippen LogP contribution in [-0.2, 0) is 4.43 Å². The van der Waals surface area contributed by atoms with Crippen molar-refractivity contribution in [1.82, 2.24) is 0 Å². The number of rotatable bonds is 3. The molecule has 2 fully saturated rings. The molecule has 0 heterocycles. The zero-order valence-electron chi connectivity index (χ0n) is 17.4. The summed E-state index contributed by atoms with van der Waals surface area (Å²) < 4.78 is 6.86. The lowest BCUT2D eigenvalue weighted by atomic mass is 9.49. The van der Waals surface area contributed by atoms with E-state index >= 15 is 0 Å². The van der Waals surface area contributed by atoms with Gasteiger partial charge in [0.15, 0.2) is 8.32 Å². The Morgan fingerprint density at radius 1 is 1.16 bits per heavy atom. The number of hydrogen-bond acceptors (Lipinski definition) is 3. The standard InChI is InChI=1S/C21H38O3Si/c1-19(2,3)25(7,8)24-17-9-15-14(12-22)18(23)13-10-20(4,5)11-16(13)21(15,17)6/h13,16-18,22-23H,9-12H2,1-8H3/t13-,16+,17-,18+,21+/m1/s1. The van der Waals surface area contributed by atoms with Gasteiger partial charge < -0.3 is 14.6 Å². The van der Waals surface area contributed by atoms with E-state index in [4.69, 9.17) is 4.43 Å². The van der Waals surface area contributed by atoms with Gasteiger partial charge in [-0.3, -0.25) is 0 Å². The highest BCUT2D eigenvalue weighted by molar-refractivity contribution is 6.74. The molecular weight excluding hydrogens is 328 g/mol. The Morgan fingerprint density at radius 2 is 1.76 bits per heavy atom. The van der Waals surface area contributed by atoms with Crippen molar-refractivity contribution >= 4 is 8.32 Å². The van der Waals surface area contributed by atoms with Crippen LogP contribution in [0.1, 0.15) is 60.8 Å². The van der Waals surface area contributed by atoms with Crippen LogP contribution in [0.15, 0.2) is 11.1 Å². The summed E-state index contributed by atoms with van der Waals surface area (Å²) in [5.41, 5.74) is 2.44. The molecule has 0 aromatic heterocycles. The number of aliphatic hydroxyl groups is 2. The molecule has 5 atom stereocenters. The molecule has 0 bridgehead atoms. The molecule has 3 aliphatic rings. The van der Waals surface area contributed by atoms with E-state index in [0.717, 1.165) is 24.8 Å². The lowest BCUT2D eigenvalue weighted by molar-refractivity contribution is -0.0744. The molecule has 25 heavy (non-hydrogen) atoms. The average Bonchev–Trinajstić information content (AvgIpc) is 2.79. The Morgan fingerprint density at radius 3 is 2.28 bits per heavy atom. The van der Waals surface area contributed by atoms with E-state index in [9.17, 15) is 10.2 Å². The van der Waals surface area contributed by atoms with Crippen molar-refractivity contribution in [3.8, 4) is 0 Å². The molecule has 0 aromatic carbocycles. The highest BCUT2D eigenvalue weighted by Crippen LogP contribution is 2.67. The molecule has 144 valence electrons. The Kier molecular flexibility index (Phi) is 4.44. The smallest absolute Gasteiger partial charge is 0.192 e. The molecule has 4 heteroatoms. The highest BCUT2D eigenvalue weighted by Gasteiger charge is 2.64. The molecule has 0 saturated heterocycles. The molecule has 3 aliphatic carbocycles. The molecule has 0 aromatic rings. The van der Waals surface area contributed by atoms with Gasteiger partial charge in [0.1, 0.15) is 0 Å². The van der Waals surface area contributed by atoms with Crippen LogP contribution in [0.25, 0.3) is 0 Å². The number of hydrogen-bond donors (Lipinski definition) is 2. The second kappa shape index (κ2) is 5.67. The van der Waals surface area contributed by atoms with E-state index in [1.165, 1.54) is 5.57 Å². The Balaban J connectivity index is 1.96. The summed E-state index contributed by atoms with van der Waals surface area (Å²) in [6.07, 6.45) is 2.84. The third-order valence-electron chi connectivity index (χ3n) is 8.12. The monoisotopic (exact) mass is 366 g/mol. The van der Waals surface area contributed by atoms with Crippen LogP contribution >= 0.6 is 0 Å². The SMILES string of the molecule is CC1(C)C[C@H]2[C@H](O)C(CO)=C3C[C@@H](O[Si](C)(C)C(C)(C)C)[C@]3(C)[C@H]2C1. The minimum absolute atomic E-state index is 0.00868. The van der Waals surface area contributed by atoms with Crippen molar-refractivity contribution < 1.29 is 14.6 Å². The zero-order valence-corrected chi connectivity index (χ0v) is 18.4. The van der Waals surface area contributed by atoms with Crippen LogP contribution < -0.4 is 0 Å². The van der Waals surface area contributed by atoms with Crippen LogP contribution in [0, 0.1) is 22.7 Å². The molecule has 2 N–H and O–H groups in total. The van der Waals surface area contributed by atoms with Crippen LogP contribution in [-0.4, -0.2) is 37.3 Å². The molecule has 0 unspecified atom stereocenters. The van der Waals surface area contributed by atoms with Crippen molar-refractivity contribution in [2.75, 3.05) is 6.61 Å². The number of aliphatic hydroxyl groups excluding tert-OH is 2. The minimum Gasteiger partial charge on any atom is -0.413 e. The first-order valence-corrected chi connectivity index (χ1v) is 12.8. The second-order valence-electron chi connectivity index (χ2n) is 11.3. The van der Waals surface area contributed by atoms with Crippen molar-refractivity contribution in [2.24, 2.45) is 22.7 Å². The van der Waals surface area contributed by atoms with Gasteiger partial charge in [-0.2, -0.15) is 0 Å². The topological polar surface area (TPSA) is 49.7 Å². The van der Waals surface area contributed by atoms with Gasteiger partial charge in [-0.1, -0.05) is 47.1 Å². The second-order valence-corrected chi connectivity index (χ2v) is 16.1. The minimum atomic E-state index is -1.84. The van der Waals surface area contributed by atoms with Crippen molar-refractivity contribution in [3.63, 3.8) is 0 Å². The molecule has 3 nitrogen and oxygen atoms in total. The normalized spacial score (nSPS) is 40.6. The predicted molar refractivity (Wildman–Crippen MR) is 105 cm³/mol. The summed E-state index contributed by atoms with van der Waals surface area (Å²) in [6, 6.07) is 0. The highest BCUT2D eigenvalue weighted by atomic mass is 28.4. The van der Waals surface area contributed by atoms with Gasteiger partial charge in [0, 0.05) is 5.41 Å². The Bertz CT molecular complexity index is 586. The fourth-order valence-electron chi connectivity index (χ4n) is 5.54. The third-order valence-corrected chi connectivity index (χ3v) is 12.6. The van der Waals surface area contributed by atoms with Gasteiger partial charge in [0.2, 0.25) is 0 Å². The molecule has 0 amide bonds. The Hall–Kier alpha value is -0.163. The first-order chi connectivity index (χ1) is 11.2. The van der Waals surface area contributed by atoms with Gasteiger partial charge >= 0.3 is 0 Å². The van der Waals surface area contributed by atoms with Crippen LogP contribution in [0.3, 0.4) is 0 Å². The zero-order chi connectivity index (χ0) is 19.0. The van der Waals surface area contributed by atoms with E-state index in [1.807, 2.05) is 0 Å². The van der Waals surface area contributed by atoms with Gasteiger partial charge in [0.25, 0.3) is 0 Å². The van der Waals surface area contributed by atoms with Gasteiger partial charge in [-0.25, -0.2) is 0 Å². The Labute approximate surface area is 155 Å². The maximum atomic E-state index is 10.9. The van der Waals surface area contributed by atoms with Crippen molar-refractivity contribution in [2.45, 2.75) is 91.1 Å².